The van der Waals surface area contributed by atoms with Crippen LogP contribution in [0.2, 0.25) is 0 Å². The highest BCUT2D eigenvalue weighted by molar-refractivity contribution is 4.75. The van der Waals surface area contributed by atoms with Crippen molar-refractivity contribution in [2.45, 2.75) is 89.1 Å². The van der Waals surface area contributed by atoms with Gasteiger partial charge in [-0.05, 0) is 51.6 Å². The number of rotatable bonds is 10. The van der Waals surface area contributed by atoms with Gasteiger partial charge in [0, 0.05) is 25.2 Å². The Kier molecular flexibility index (Phi) is 8.34. The van der Waals surface area contributed by atoms with E-state index in [1.54, 1.807) is 0 Å². The molecule has 3 fully saturated rings. The molecule has 140 valence electrons. The molecule has 2 aliphatic carbocycles. The Morgan fingerprint density at radius 2 is 1.00 bits per heavy atom. The lowest BCUT2D eigenvalue weighted by Gasteiger charge is -2.42. The lowest BCUT2D eigenvalue weighted by Crippen LogP contribution is -2.56. The minimum Gasteiger partial charge on any atom is -0.314 e. The molecule has 1 saturated heterocycles. The maximum atomic E-state index is 3.76. The van der Waals surface area contributed by atoms with Gasteiger partial charge < -0.3 is 10.6 Å². The first-order valence-corrected chi connectivity index (χ1v) is 10.8. The molecular formula is C20H40N4. The van der Waals surface area contributed by atoms with Crippen LogP contribution < -0.4 is 10.6 Å². The Balaban J connectivity index is 1.10. The molecule has 0 aromatic carbocycles. The van der Waals surface area contributed by atoms with Gasteiger partial charge in [0.2, 0.25) is 0 Å². The van der Waals surface area contributed by atoms with E-state index in [1.165, 1.54) is 117 Å². The normalized spacial score (nSPS) is 25.0. The van der Waals surface area contributed by atoms with Gasteiger partial charge in [0.05, 0.1) is 13.3 Å². The Morgan fingerprint density at radius 1 is 0.583 bits per heavy atom. The van der Waals surface area contributed by atoms with Crippen LogP contribution >= 0.6 is 0 Å². The summed E-state index contributed by atoms with van der Waals surface area (Å²) in [5, 5.41) is 7.52. The van der Waals surface area contributed by atoms with Crippen molar-refractivity contribution >= 4 is 0 Å². The van der Waals surface area contributed by atoms with Crippen molar-refractivity contribution in [1.82, 2.24) is 20.4 Å². The Bertz CT molecular complexity index is 288. The molecule has 2 N–H and O–H groups in total. The fourth-order valence-electron chi connectivity index (χ4n) is 4.64. The number of nitrogens with zero attached hydrogens (tertiary/aromatic N) is 2. The molecule has 0 unspecified atom stereocenters. The summed E-state index contributed by atoms with van der Waals surface area (Å²) in [6.45, 7) is 7.38. The summed E-state index contributed by atoms with van der Waals surface area (Å²) < 4.78 is 0. The van der Waals surface area contributed by atoms with Crippen LogP contribution in [0, 0.1) is 0 Å². The van der Waals surface area contributed by atoms with Gasteiger partial charge in [-0.3, -0.25) is 9.80 Å². The van der Waals surface area contributed by atoms with Crippen LogP contribution in [0.4, 0.5) is 0 Å². The average Bonchev–Trinajstić information content (AvgIpc) is 2.60. The van der Waals surface area contributed by atoms with E-state index in [1.807, 2.05) is 0 Å². The number of nitrogens with one attached hydrogen (secondary N) is 2. The van der Waals surface area contributed by atoms with E-state index >= 15 is 0 Å². The van der Waals surface area contributed by atoms with E-state index in [4.69, 9.17) is 0 Å². The smallest absolute Gasteiger partial charge is 0.0530 e. The van der Waals surface area contributed by atoms with Crippen molar-refractivity contribution in [3.05, 3.63) is 0 Å². The highest BCUT2D eigenvalue weighted by atomic mass is 15.5. The monoisotopic (exact) mass is 336 g/mol. The molecule has 4 nitrogen and oxygen atoms in total. The molecule has 1 aliphatic heterocycles. The molecule has 0 radical (unpaired) electrons. The fraction of sp³-hybridized carbons (Fsp3) is 1.00. The van der Waals surface area contributed by atoms with Crippen LogP contribution in [0.15, 0.2) is 0 Å². The molecule has 0 aromatic heterocycles. The zero-order chi connectivity index (χ0) is 16.5. The SMILES string of the molecule is C1CCC(NCCCN2CN(CCCNC3CCCCC3)C2)CC1. The van der Waals surface area contributed by atoms with E-state index < -0.39 is 0 Å². The maximum Gasteiger partial charge on any atom is 0.0530 e. The maximum absolute atomic E-state index is 3.76. The molecule has 3 rings (SSSR count). The summed E-state index contributed by atoms with van der Waals surface area (Å²) >= 11 is 0. The number of hydrogen-bond acceptors (Lipinski definition) is 4. The molecule has 0 amide bonds. The van der Waals surface area contributed by atoms with Crippen molar-refractivity contribution in [3.63, 3.8) is 0 Å². The highest BCUT2D eigenvalue weighted by Gasteiger charge is 2.22. The quantitative estimate of drug-likeness (QED) is 0.600. The van der Waals surface area contributed by atoms with Gasteiger partial charge in [-0.15, -0.1) is 0 Å². The third-order valence-electron chi connectivity index (χ3n) is 6.18. The summed E-state index contributed by atoms with van der Waals surface area (Å²) in [6, 6.07) is 1.65. The lowest BCUT2D eigenvalue weighted by molar-refractivity contribution is -0.0304. The molecule has 0 atom stereocenters. The van der Waals surface area contributed by atoms with Crippen LogP contribution in [0.3, 0.4) is 0 Å². The van der Waals surface area contributed by atoms with Gasteiger partial charge in [-0.1, -0.05) is 38.5 Å². The largest absolute Gasteiger partial charge is 0.314 e. The third kappa shape index (κ3) is 6.62. The van der Waals surface area contributed by atoms with Gasteiger partial charge in [0.15, 0.2) is 0 Å². The first-order chi connectivity index (χ1) is 11.9. The van der Waals surface area contributed by atoms with Crippen LogP contribution in [0.5, 0.6) is 0 Å². The number of hydrogen-bond donors (Lipinski definition) is 2. The first kappa shape index (κ1) is 18.6. The minimum atomic E-state index is 0.823. The molecule has 3 aliphatic rings. The lowest BCUT2D eigenvalue weighted by atomic mass is 9.95. The second-order valence-electron chi connectivity index (χ2n) is 8.36. The Hall–Kier alpha value is -0.160. The molecule has 4 heteroatoms. The topological polar surface area (TPSA) is 30.5 Å². The van der Waals surface area contributed by atoms with E-state index in [0.717, 1.165) is 12.1 Å². The summed E-state index contributed by atoms with van der Waals surface area (Å²) in [5.41, 5.74) is 0. The van der Waals surface area contributed by atoms with Gasteiger partial charge in [0.1, 0.15) is 0 Å². The summed E-state index contributed by atoms with van der Waals surface area (Å²) in [6.07, 6.45) is 16.9. The molecule has 0 spiro atoms. The molecule has 0 bridgehead atoms. The molecular weight excluding hydrogens is 296 g/mol. The van der Waals surface area contributed by atoms with E-state index in [0.29, 0.717) is 0 Å². The van der Waals surface area contributed by atoms with Crippen molar-refractivity contribution in [3.8, 4) is 0 Å². The van der Waals surface area contributed by atoms with E-state index in [-0.39, 0.29) is 0 Å². The van der Waals surface area contributed by atoms with Gasteiger partial charge in [-0.25, -0.2) is 0 Å². The Morgan fingerprint density at radius 3 is 1.42 bits per heavy atom. The van der Waals surface area contributed by atoms with Gasteiger partial charge in [0.25, 0.3) is 0 Å². The van der Waals surface area contributed by atoms with Crippen molar-refractivity contribution in [2.75, 3.05) is 39.5 Å². The fourth-order valence-corrected chi connectivity index (χ4v) is 4.64. The van der Waals surface area contributed by atoms with Crippen LogP contribution in [-0.4, -0.2) is 61.4 Å². The first-order valence-electron chi connectivity index (χ1n) is 10.8. The second kappa shape index (κ2) is 10.7. The third-order valence-corrected chi connectivity index (χ3v) is 6.18. The summed E-state index contributed by atoms with van der Waals surface area (Å²) in [5.74, 6) is 0. The molecule has 0 aromatic rings. The predicted octanol–water partition coefficient (Wildman–Crippen LogP) is 3.14. The summed E-state index contributed by atoms with van der Waals surface area (Å²) in [7, 11) is 0. The van der Waals surface area contributed by atoms with Crippen molar-refractivity contribution in [2.24, 2.45) is 0 Å². The summed E-state index contributed by atoms with van der Waals surface area (Å²) in [4.78, 5) is 5.19. The zero-order valence-corrected chi connectivity index (χ0v) is 15.8. The molecule has 1 heterocycles. The van der Waals surface area contributed by atoms with Gasteiger partial charge in [-0.2, -0.15) is 0 Å². The van der Waals surface area contributed by atoms with E-state index in [9.17, 15) is 0 Å². The van der Waals surface area contributed by atoms with Crippen molar-refractivity contribution in [1.29, 1.82) is 0 Å². The highest BCUT2D eigenvalue weighted by Crippen LogP contribution is 2.18. The molecule has 24 heavy (non-hydrogen) atoms. The zero-order valence-electron chi connectivity index (χ0n) is 15.8. The van der Waals surface area contributed by atoms with Gasteiger partial charge >= 0.3 is 0 Å². The van der Waals surface area contributed by atoms with Crippen molar-refractivity contribution < 1.29 is 0 Å². The van der Waals surface area contributed by atoms with Crippen LogP contribution in [-0.2, 0) is 0 Å². The van der Waals surface area contributed by atoms with E-state index in [2.05, 4.69) is 20.4 Å². The standard InChI is InChI=1S/C20H40N4/c1-3-9-19(10-4-1)21-13-7-15-23-17-24(18-23)16-8-14-22-20-11-5-2-6-12-20/h19-22H,1-18H2. The second-order valence-corrected chi connectivity index (χ2v) is 8.36. The molecule has 2 saturated carbocycles. The Labute approximate surface area is 149 Å². The average molecular weight is 337 g/mol. The minimum absolute atomic E-state index is 0.823. The van der Waals surface area contributed by atoms with Crippen LogP contribution in [0.25, 0.3) is 0 Å². The predicted molar refractivity (Wildman–Crippen MR) is 102 cm³/mol. The van der Waals surface area contributed by atoms with Crippen LogP contribution in [0.1, 0.15) is 77.0 Å².